The molecule has 0 aliphatic heterocycles. The first-order valence-corrected chi connectivity index (χ1v) is 10.3. The van der Waals surface area contributed by atoms with Crippen LogP contribution in [0.15, 0.2) is 30.3 Å². The predicted octanol–water partition coefficient (Wildman–Crippen LogP) is 2.38. The summed E-state index contributed by atoms with van der Waals surface area (Å²) in [7, 11) is 0. The van der Waals surface area contributed by atoms with Crippen molar-refractivity contribution in [2.24, 2.45) is 0 Å². The van der Waals surface area contributed by atoms with Gasteiger partial charge in [-0.25, -0.2) is 4.79 Å². The van der Waals surface area contributed by atoms with Crippen LogP contribution in [0.4, 0.5) is 4.79 Å². The van der Waals surface area contributed by atoms with Gasteiger partial charge in [-0.05, 0) is 39.7 Å². The summed E-state index contributed by atoms with van der Waals surface area (Å²) in [5, 5.41) is 14.9. The van der Waals surface area contributed by atoms with Gasteiger partial charge in [-0.15, -0.1) is 0 Å². The van der Waals surface area contributed by atoms with E-state index < -0.39 is 23.6 Å². The number of hydrogen-bond acceptors (Lipinski definition) is 5. The number of rotatable bonds is 10. The summed E-state index contributed by atoms with van der Waals surface area (Å²) >= 11 is 0. The smallest absolute Gasteiger partial charge is 0.408 e. The standard InChI is InChI=1S/C22H35N3O5/c1-6-10-16(2)24-20(28)19(17-11-8-7-9-12-17)25(13-14-26)18(27)15-23-21(29)30-22(3,4)5/h7-9,11-12,16,19,26H,6,10,13-15H2,1-5H3,(H,23,29)(H,24,28). The number of alkyl carbamates (subject to hydrolysis) is 1. The van der Waals surface area contributed by atoms with Gasteiger partial charge in [-0.2, -0.15) is 0 Å². The molecule has 8 nitrogen and oxygen atoms in total. The molecule has 0 saturated heterocycles. The zero-order chi connectivity index (χ0) is 22.7. The number of aliphatic hydroxyl groups is 1. The first-order valence-electron chi connectivity index (χ1n) is 10.3. The molecular formula is C22H35N3O5. The maximum absolute atomic E-state index is 13.1. The Balaban J connectivity index is 3.04. The van der Waals surface area contributed by atoms with Gasteiger partial charge < -0.3 is 25.4 Å². The lowest BCUT2D eigenvalue weighted by Crippen LogP contribution is -2.50. The van der Waals surface area contributed by atoms with Gasteiger partial charge in [0.25, 0.3) is 0 Å². The van der Waals surface area contributed by atoms with Crippen molar-refractivity contribution < 1.29 is 24.2 Å². The van der Waals surface area contributed by atoms with Gasteiger partial charge in [0.15, 0.2) is 0 Å². The Hall–Kier alpha value is -2.61. The van der Waals surface area contributed by atoms with Crippen LogP contribution in [0.5, 0.6) is 0 Å². The summed E-state index contributed by atoms with van der Waals surface area (Å²) in [5.41, 5.74) is -0.0717. The van der Waals surface area contributed by atoms with Crippen LogP contribution in [0.25, 0.3) is 0 Å². The molecule has 0 aromatic heterocycles. The molecule has 168 valence electrons. The maximum Gasteiger partial charge on any atom is 0.408 e. The molecule has 2 unspecified atom stereocenters. The number of benzene rings is 1. The molecule has 30 heavy (non-hydrogen) atoms. The van der Waals surface area contributed by atoms with E-state index in [1.54, 1.807) is 45.0 Å². The van der Waals surface area contributed by atoms with Crippen molar-refractivity contribution in [2.75, 3.05) is 19.7 Å². The second-order valence-corrected chi connectivity index (χ2v) is 8.18. The SMILES string of the molecule is CCCC(C)NC(=O)C(c1ccccc1)N(CCO)C(=O)CNC(=O)OC(C)(C)C. The summed E-state index contributed by atoms with van der Waals surface area (Å²) in [5.74, 6) is -0.830. The first-order chi connectivity index (χ1) is 14.1. The molecule has 3 N–H and O–H groups in total. The van der Waals surface area contributed by atoms with Crippen LogP contribution in [0.1, 0.15) is 59.1 Å². The van der Waals surface area contributed by atoms with E-state index in [0.29, 0.717) is 5.56 Å². The van der Waals surface area contributed by atoms with E-state index in [0.717, 1.165) is 12.8 Å². The van der Waals surface area contributed by atoms with Gasteiger partial charge in [0.2, 0.25) is 11.8 Å². The minimum absolute atomic E-state index is 0.0516. The Kier molecular flexibility index (Phi) is 10.3. The first kappa shape index (κ1) is 25.4. The number of amides is 3. The van der Waals surface area contributed by atoms with Crippen molar-refractivity contribution in [3.05, 3.63) is 35.9 Å². The van der Waals surface area contributed by atoms with Crippen LogP contribution in [0, 0.1) is 0 Å². The number of carbonyl (C=O) groups excluding carboxylic acids is 3. The highest BCUT2D eigenvalue weighted by atomic mass is 16.6. The molecule has 8 heteroatoms. The third-order valence-electron chi connectivity index (χ3n) is 4.23. The van der Waals surface area contributed by atoms with Crippen LogP contribution < -0.4 is 10.6 Å². The molecule has 1 rings (SSSR count). The normalized spacial score (nSPS) is 13.1. The number of nitrogens with one attached hydrogen (secondary N) is 2. The van der Waals surface area contributed by atoms with Crippen LogP contribution in [-0.2, 0) is 14.3 Å². The van der Waals surface area contributed by atoms with Gasteiger partial charge in [0.1, 0.15) is 18.2 Å². The fourth-order valence-corrected chi connectivity index (χ4v) is 3.00. The third-order valence-corrected chi connectivity index (χ3v) is 4.23. The molecule has 0 bridgehead atoms. The molecular weight excluding hydrogens is 386 g/mol. The Morgan fingerprint density at radius 3 is 2.33 bits per heavy atom. The quantitative estimate of drug-likeness (QED) is 0.538. The summed E-state index contributed by atoms with van der Waals surface area (Å²) < 4.78 is 5.15. The lowest BCUT2D eigenvalue weighted by atomic mass is 10.0. The monoisotopic (exact) mass is 421 g/mol. The molecule has 0 fully saturated rings. The molecule has 1 aromatic carbocycles. The molecule has 0 heterocycles. The number of aliphatic hydroxyl groups excluding tert-OH is 1. The van der Waals surface area contributed by atoms with Crippen LogP contribution >= 0.6 is 0 Å². The zero-order valence-corrected chi connectivity index (χ0v) is 18.6. The maximum atomic E-state index is 13.1. The van der Waals surface area contributed by atoms with Crippen molar-refractivity contribution in [3.8, 4) is 0 Å². The molecule has 0 saturated carbocycles. The highest BCUT2D eigenvalue weighted by Gasteiger charge is 2.32. The lowest BCUT2D eigenvalue weighted by molar-refractivity contribution is -0.141. The van der Waals surface area contributed by atoms with Crippen molar-refractivity contribution in [2.45, 2.75) is 65.1 Å². The van der Waals surface area contributed by atoms with E-state index >= 15 is 0 Å². The van der Waals surface area contributed by atoms with E-state index in [9.17, 15) is 19.5 Å². The summed E-state index contributed by atoms with van der Waals surface area (Å²) in [6.07, 6.45) is 0.995. The zero-order valence-electron chi connectivity index (χ0n) is 18.6. The highest BCUT2D eigenvalue weighted by Crippen LogP contribution is 2.21. The van der Waals surface area contributed by atoms with Gasteiger partial charge in [0.05, 0.1) is 6.61 Å². The van der Waals surface area contributed by atoms with Gasteiger partial charge in [-0.3, -0.25) is 9.59 Å². The Bertz CT molecular complexity index is 688. The molecule has 1 aromatic rings. The van der Waals surface area contributed by atoms with E-state index in [1.165, 1.54) is 4.90 Å². The van der Waals surface area contributed by atoms with Gasteiger partial charge in [0, 0.05) is 12.6 Å². The van der Waals surface area contributed by atoms with Crippen LogP contribution in [0.3, 0.4) is 0 Å². The predicted molar refractivity (Wildman–Crippen MR) is 115 cm³/mol. The van der Waals surface area contributed by atoms with E-state index in [2.05, 4.69) is 10.6 Å². The second kappa shape index (κ2) is 12.2. The van der Waals surface area contributed by atoms with Crippen molar-refractivity contribution in [3.63, 3.8) is 0 Å². The second-order valence-electron chi connectivity index (χ2n) is 8.18. The largest absolute Gasteiger partial charge is 0.444 e. The van der Waals surface area contributed by atoms with Gasteiger partial charge >= 0.3 is 6.09 Å². The van der Waals surface area contributed by atoms with Gasteiger partial charge in [-0.1, -0.05) is 43.7 Å². The van der Waals surface area contributed by atoms with Crippen molar-refractivity contribution in [1.29, 1.82) is 0 Å². The van der Waals surface area contributed by atoms with Crippen molar-refractivity contribution in [1.82, 2.24) is 15.5 Å². The number of nitrogens with zero attached hydrogens (tertiary/aromatic N) is 1. The fourth-order valence-electron chi connectivity index (χ4n) is 3.00. The fraction of sp³-hybridized carbons (Fsp3) is 0.591. The van der Waals surface area contributed by atoms with Crippen LogP contribution in [-0.4, -0.2) is 59.3 Å². The number of carbonyl (C=O) groups is 3. The molecule has 0 spiro atoms. The van der Waals surface area contributed by atoms with E-state index in [-0.39, 0.29) is 31.6 Å². The van der Waals surface area contributed by atoms with E-state index in [1.807, 2.05) is 19.9 Å². The third kappa shape index (κ3) is 8.82. The molecule has 0 aliphatic rings. The summed E-state index contributed by atoms with van der Waals surface area (Å²) in [6, 6.07) is 7.92. The Labute approximate surface area is 179 Å². The minimum atomic E-state index is -0.925. The van der Waals surface area contributed by atoms with E-state index in [4.69, 9.17) is 4.74 Å². The Morgan fingerprint density at radius 2 is 1.80 bits per heavy atom. The molecule has 0 radical (unpaired) electrons. The summed E-state index contributed by atoms with van der Waals surface area (Å²) in [4.78, 5) is 39.2. The topological polar surface area (TPSA) is 108 Å². The summed E-state index contributed by atoms with van der Waals surface area (Å²) in [6.45, 7) is 8.38. The van der Waals surface area contributed by atoms with Crippen molar-refractivity contribution >= 4 is 17.9 Å². The minimum Gasteiger partial charge on any atom is -0.444 e. The van der Waals surface area contributed by atoms with Crippen LogP contribution in [0.2, 0.25) is 0 Å². The Morgan fingerprint density at radius 1 is 1.17 bits per heavy atom. The average molecular weight is 422 g/mol. The molecule has 0 aliphatic carbocycles. The average Bonchev–Trinajstić information content (AvgIpc) is 2.65. The highest BCUT2D eigenvalue weighted by molar-refractivity contribution is 5.90. The number of ether oxygens (including phenoxy) is 1. The lowest BCUT2D eigenvalue weighted by Gasteiger charge is -2.32. The molecule has 3 amide bonds. The molecule has 2 atom stereocenters. The number of hydrogen-bond donors (Lipinski definition) is 3.